The number of aryl methyl sites for hydroxylation is 1. The third kappa shape index (κ3) is 5.37. The summed E-state index contributed by atoms with van der Waals surface area (Å²) in [6, 6.07) is 12.7. The largest absolute Gasteiger partial charge is 0.508 e. The molecular weight excluding hydrogens is 493 g/mol. The topological polar surface area (TPSA) is 82.5 Å². The van der Waals surface area contributed by atoms with Crippen LogP contribution in [0.25, 0.3) is 0 Å². The van der Waals surface area contributed by atoms with Crippen LogP contribution in [0.15, 0.2) is 48.5 Å². The van der Waals surface area contributed by atoms with Gasteiger partial charge in [-0.05, 0) is 61.1 Å². The number of nitrogens with one attached hydrogen (secondary N) is 1. The molecule has 0 spiro atoms. The Hall–Kier alpha value is -2.61. The molecule has 34 heavy (non-hydrogen) atoms. The Morgan fingerprint density at radius 1 is 1.06 bits per heavy atom. The van der Waals surface area contributed by atoms with E-state index in [0.29, 0.717) is 11.3 Å². The van der Waals surface area contributed by atoms with E-state index in [-0.39, 0.29) is 32.8 Å². The maximum absolute atomic E-state index is 13.8. The second kappa shape index (κ2) is 10.8. The summed E-state index contributed by atoms with van der Waals surface area (Å²) in [6.45, 7) is 1.94. The SMILES string of the molecule is Cc1ccc(N(C(=O)c2nsc(Cl)c2Cl)[C@@H](C(=O)NC2CCCCC2)c2ccc(O)cc2)cc1. The second-order valence-electron chi connectivity index (χ2n) is 8.47. The van der Waals surface area contributed by atoms with Crippen LogP contribution >= 0.6 is 34.7 Å². The molecule has 9 heteroatoms. The van der Waals surface area contributed by atoms with Crippen LogP contribution < -0.4 is 10.2 Å². The average molecular weight is 518 g/mol. The molecule has 1 atom stereocenters. The highest BCUT2D eigenvalue weighted by Gasteiger charge is 2.36. The van der Waals surface area contributed by atoms with Crippen molar-refractivity contribution in [2.75, 3.05) is 4.90 Å². The predicted octanol–water partition coefficient (Wildman–Crippen LogP) is 6.30. The summed E-state index contributed by atoms with van der Waals surface area (Å²) >= 11 is 13.3. The van der Waals surface area contributed by atoms with Gasteiger partial charge in [0.05, 0.1) is 0 Å². The van der Waals surface area contributed by atoms with E-state index < -0.39 is 11.9 Å². The summed E-state index contributed by atoms with van der Waals surface area (Å²) in [6.07, 6.45) is 5.08. The predicted molar refractivity (Wildman–Crippen MR) is 136 cm³/mol. The molecule has 0 bridgehead atoms. The zero-order chi connectivity index (χ0) is 24.2. The van der Waals surface area contributed by atoms with Crippen molar-refractivity contribution in [1.82, 2.24) is 9.69 Å². The van der Waals surface area contributed by atoms with E-state index in [1.165, 1.54) is 17.0 Å². The van der Waals surface area contributed by atoms with Crippen molar-refractivity contribution in [3.8, 4) is 5.75 Å². The summed E-state index contributed by atoms with van der Waals surface area (Å²) in [5.74, 6) is -0.768. The van der Waals surface area contributed by atoms with E-state index in [0.717, 1.165) is 49.2 Å². The van der Waals surface area contributed by atoms with Crippen molar-refractivity contribution in [3.63, 3.8) is 0 Å². The van der Waals surface area contributed by atoms with Crippen LogP contribution in [0.5, 0.6) is 5.75 Å². The van der Waals surface area contributed by atoms with E-state index in [4.69, 9.17) is 23.2 Å². The number of phenolic OH excluding ortho intramolecular Hbond substituents is 1. The van der Waals surface area contributed by atoms with Gasteiger partial charge in [-0.3, -0.25) is 14.5 Å². The van der Waals surface area contributed by atoms with Crippen LogP contribution in [0.1, 0.15) is 59.8 Å². The number of phenols is 1. The lowest BCUT2D eigenvalue weighted by Gasteiger charge is -2.33. The first kappa shape index (κ1) is 24.5. The number of nitrogens with zero attached hydrogens (tertiary/aromatic N) is 2. The molecule has 2 N–H and O–H groups in total. The Labute approximate surface area is 212 Å². The summed E-state index contributed by atoms with van der Waals surface area (Å²) < 4.78 is 4.37. The van der Waals surface area contributed by atoms with E-state index in [1.54, 1.807) is 24.3 Å². The van der Waals surface area contributed by atoms with Crippen LogP contribution in [0.4, 0.5) is 5.69 Å². The molecule has 0 radical (unpaired) electrons. The van der Waals surface area contributed by atoms with Gasteiger partial charge >= 0.3 is 0 Å². The van der Waals surface area contributed by atoms with Gasteiger partial charge in [0.15, 0.2) is 5.69 Å². The van der Waals surface area contributed by atoms with Crippen LogP contribution in [0.3, 0.4) is 0 Å². The second-order valence-corrected chi connectivity index (χ2v) is 10.2. The molecule has 178 valence electrons. The summed E-state index contributed by atoms with van der Waals surface area (Å²) in [4.78, 5) is 29.0. The van der Waals surface area contributed by atoms with E-state index in [1.807, 2.05) is 19.1 Å². The highest BCUT2D eigenvalue weighted by atomic mass is 35.5. The zero-order valence-electron chi connectivity index (χ0n) is 18.6. The Morgan fingerprint density at radius 3 is 2.29 bits per heavy atom. The Morgan fingerprint density at radius 2 is 1.71 bits per heavy atom. The molecule has 1 saturated carbocycles. The minimum Gasteiger partial charge on any atom is -0.508 e. The molecule has 1 aliphatic rings. The standard InChI is InChI=1S/C25H25Cl2N3O3S/c1-15-7-11-18(12-8-15)30(25(33)21-20(26)23(27)34-29-21)22(16-9-13-19(31)14-10-16)24(32)28-17-5-3-2-4-6-17/h7-14,17,22,31H,2-6H2,1H3,(H,28,32)/t22-/m1/s1. The number of hydrogen-bond acceptors (Lipinski definition) is 5. The van der Waals surface area contributed by atoms with Crippen LogP contribution in [-0.4, -0.2) is 27.3 Å². The summed E-state index contributed by atoms with van der Waals surface area (Å²) in [5, 5.41) is 13.0. The molecule has 3 aromatic rings. The fraction of sp³-hybridized carbons (Fsp3) is 0.320. The zero-order valence-corrected chi connectivity index (χ0v) is 21.0. The van der Waals surface area contributed by atoms with Gasteiger partial charge in [-0.1, -0.05) is 72.3 Å². The van der Waals surface area contributed by atoms with Crippen LogP contribution in [0, 0.1) is 6.92 Å². The number of benzene rings is 2. The lowest BCUT2D eigenvalue weighted by Crippen LogP contribution is -2.47. The maximum atomic E-state index is 13.8. The molecule has 1 aromatic heterocycles. The van der Waals surface area contributed by atoms with Gasteiger partial charge in [0.1, 0.15) is 21.2 Å². The molecule has 0 aliphatic heterocycles. The lowest BCUT2D eigenvalue weighted by molar-refractivity contribution is -0.123. The number of carbonyl (C=O) groups excluding carboxylic acids is 2. The van der Waals surface area contributed by atoms with Gasteiger partial charge in [-0.15, -0.1) is 0 Å². The Kier molecular flexibility index (Phi) is 7.76. The molecule has 1 heterocycles. The normalized spacial score (nSPS) is 15.0. The van der Waals surface area contributed by atoms with Gasteiger partial charge in [-0.25, -0.2) is 0 Å². The highest BCUT2D eigenvalue weighted by molar-refractivity contribution is 7.11. The third-order valence-electron chi connectivity index (χ3n) is 6.00. The molecule has 1 fully saturated rings. The van der Waals surface area contributed by atoms with Crippen LogP contribution in [-0.2, 0) is 4.79 Å². The van der Waals surface area contributed by atoms with E-state index >= 15 is 0 Å². The van der Waals surface area contributed by atoms with Crippen molar-refractivity contribution >= 4 is 52.2 Å². The highest BCUT2D eigenvalue weighted by Crippen LogP contribution is 2.35. The Bertz CT molecular complexity index is 1160. The van der Waals surface area contributed by atoms with Crippen molar-refractivity contribution in [1.29, 1.82) is 0 Å². The molecule has 1 aliphatic carbocycles. The van der Waals surface area contributed by atoms with Gasteiger partial charge < -0.3 is 10.4 Å². The summed E-state index contributed by atoms with van der Waals surface area (Å²) in [7, 11) is 0. The molecule has 0 unspecified atom stereocenters. The number of hydrogen-bond donors (Lipinski definition) is 2. The average Bonchev–Trinajstić information content (AvgIpc) is 3.17. The smallest absolute Gasteiger partial charge is 0.280 e. The first-order chi connectivity index (χ1) is 16.3. The molecule has 6 nitrogen and oxygen atoms in total. The maximum Gasteiger partial charge on any atom is 0.280 e. The van der Waals surface area contributed by atoms with Crippen molar-refractivity contribution < 1.29 is 14.7 Å². The summed E-state index contributed by atoms with van der Waals surface area (Å²) in [5.41, 5.74) is 2.08. The van der Waals surface area contributed by atoms with Gasteiger partial charge in [0.25, 0.3) is 5.91 Å². The fourth-order valence-electron chi connectivity index (χ4n) is 4.20. The number of rotatable bonds is 6. The molecule has 2 amide bonds. The first-order valence-electron chi connectivity index (χ1n) is 11.2. The quantitative estimate of drug-likeness (QED) is 0.401. The van der Waals surface area contributed by atoms with E-state index in [2.05, 4.69) is 9.69 Å². The molecule has 0 saturated heterocycles. The number of carbonyl (C=O) groups is 2. The monoisotopic (exact) mass is 517 g/mol. The Balaban J connectivity index is 1.81. The van der Waals surface area contributed by atoms with Gasteiger partial charge in [0.2, 0.25) is 5.91 Å². The molecule has 4 rings (SSSR count). The minimum absolute atomic E-state index is 0.00788. The van der Waals surface area contributed by atoms with Crippen molar-refractivity contribution in [2.45, 2.75) is 51.1 Å². The van der Waals surface area contributed by atoms with Crippen molar-refractivity contribution in [2.24, 2.45) is 0 Å². The number of aromatic hydroxyl groups is 1. The third-order valence-corrected chi connectivity index (χ3v) is 7.61. The fourth-order valence-corrected chi connectivity index (χ4v) is 5.18. The van der Waals surface area contributed by atoms with Gasteiger partial charge in [-0.2, -0.15) is 4.37 Å². The minimum atomic E-state index is -1.01. The molecular formula is C25H25Cl2N3O3S. The lowest BCUT2D eigenvalue weighted by atomic mass is 9.94. The first-order valence-corrected chi connectivity index (χ1v) is 12.7. The number of anilines is 1. The van der Waals surface area contributed by atoms with Crippen LogP contribution in [0.2, 0.25) is 9.36 Å². The molecule has 2 aromatic carbocycles. The van der Waals surface area contributed by atoms with Gasteiger partial charge in [0, 0.05) is 11.7 Å². The number of halogens is 2. The number of aromatic nitrogens is 1. The van der Waals surface area contributed by atoms with Crippen molar-refractivity contribution in [3.05, 3.63) is 74.7 Å². The van der Waals surface area contributed by atoms with E-state index in [9.17, 15) is 14.7 Å². The number of amides is 2.